The molecule has 28 heavy (non-hydrogen) atoms. The summed E-state index contributed by atoms with van der Waals surface area (Å²) in [5.41, 5.74) is 2.46. The molecule has 0 aliphatic carbocycles. The van der Waals surface area contributed by atoms with Crippen LogP contribution in [-0.4, -0.2) is 29.3 Å². The van der Waals surface area contributed by atoms with Crippen molar-refractivity contribution in [1.82, 2.24) is 10.2 Å². The van der Waals surface area contributed by atoms with Gasteiger partial charge in [0, 0.05) is 6.54 Å². The van der Waals surface area contributed by atoms with Crippen molar-refractivity contribution < 1.29 is 9.59 Å². The van der Waals surface area contributed by atoms with Crippen LogP contribution in [0.5, 0.6) is 0 Å². The molecular weight excluding hydrogens is 372 g/mol. The molecule has 2 rings (SSSR count). The lowest BCUT2D eigenvalue weighted by atomic mass is 10.0. The predicted molar refractivity (Wildman–Crippen MR) is 113 cm³/mol. The Kier molecular flexibility index (Phi) is 7.66. The molecule has 4 nitrogen and oxygen atoms in total. The third-order valence-electron chi connectivity index (χ3n) is 4.43. The van der Waals surface area contributed by atoms with Gasteiger partial charge in [0.1, 0.15) is 6.04 Å². The maximum atomic E-state index is 13.2. The van der Waals surface area contributed by atoms with Crippen LogP contribution in [0.2, 0.25) is 5.02 Å². The first kappa shape index (κ1) is 21.5. The highest BCUT2D eigenvalue weighted by Gasteiger charge is 2.29. The minimum absolute atomic E-state index is 0.114. The maximum Gasteiger partial charge on any atom is 0.253 e. The second-order valence-electron chi connectivity index (χ2n) is 7.06. The van der Waals surface area contributed by atoms with Crippen LogP contribution < -0.4 is 5.32 Å². The van der Waals surface area contributed by atoms with E-state index in [4.69, 9.17) is 18.0 Å². The normalized spacial score (nSPS) is 11.6. The summed E-state index contributed by atoms with van der Waals surface area (Å²) in [7, 11) is 0. The van der Waals surface area contributed by atoms with E-state index >= 15 is 0 Å². The summed E-state index contributed by atoms with van der Waals surface area (Å²) in [5.74, 6) is 1.83. The van der Waals surface area contributed by atoms with Gasteiger partial charge < -0.3 is 10.2 Å². The van der Waals surface area contributed by atoms with Crippen LogP contribution in [0, 0.1) is 25.2 Å². The highest BCUT2D eigenvalue weighted by atomic mass is 35.5. The quantitative estimate of drug-likeness (QED) is 0.717. The van der Waals surface area contributed by atoms with E-state index in [0.717, 1.165) is 11.1 Å². The van der Waals surface area contributed by atoms with Gasteiger partial charge in [-0.05, 0) is 30.5 Å². The van der Waals surface area contributed by atoms with E-state index in [2.05, 4.69) is 11.2 Å². The van der Waals surface area contributed by atoms with E-state index in [1.165, 1.54) is 0 Å². The molecule has 0 aliphatic heterocycles. The van der Waals surface area contributed by atoms with E-state index in [0.29, 0.717) is 17.1 Å². The van der Waals surface area contributed by atoms with Crippen molar-refractivity contribution in [3.05, 3.63) is 70.2 Å². The van der Waals surface area contributed by atoms with E-state index < -0.39 is 6.04 Å². The summed E-state index contributed by atoms with van der Waals surface area (Å²) in [6, 6.07) is 14.0. The molecule has 2 aromatic carbocycles. The van der Waals surface area contributed by atoms with Crippen molar-refractivity contribution in [1.29, 1.82) is 0 Å². The van der Waals surface area contributed by atoms with Crippen LogP contribution in [0.3, 0.4) is 0 Å². The summed E-state index contributed by atoms with van der Waals surface area (Å²) in [6.45, 7) is 6.32. The maximum absolute atomic E-state index is 13.2. The molecule has 0 radical (unpaired) electrons. The fourth-order valence-electron chi connectivity index (χ4n) is 2.81. The van der Waals surface area contributed by atoms with E-state index in [1.54, 1.807) is 29.2 Å². The Balaban J connectivity index is 2.20. The fourth-order valence-corrected chi connectivity index (χ4v) is 3.03. The molecule has 2 amide bonds. The zero-order chi connectivity index (χ0) is 20.7. The standard InChI is InChI=1S/C23H25ClN2O2/c1-5-14-26(15-18-12-10-17(4)11-13-18)23(28)21(16(2)3)25-22(27)19-8-6-7-9-20(19)24/h1,6-13,16,21H,14-15H2,2-4H3,(H,25,27)/t21-/m0/s1. The van der Waals surface area contributed by atoms with Crippen LogP contribution in [0.25, 0.3) is 0 Å². The molecule has 0 aliphatic rings. The number of hydrogen-bond donors (Lipinski definition) is 1. The third kappa shape index (κ3) is 5.61. The molecule has 1 N–H and O–H groups in total. The number of aryl methyl sites for hydroxylation is 1. The minimum atomic E-state index is -0.706. The number of carbonyl (C=O) groups excluding carboxylic acids is 2. The van der Waals surface area contributed by atoms with Gasteiger partial charge in [0.2, 0.25) is 5.91 Å². The number of nitrogens with zero attached hydrogens (tertiary/aromatic N) is 1. The SMILES string of the molecule is C#CCN(Cc1ccc(C)cc1)C(=O)[C@@H](NC(=O)c1ccccc1Cl)C(C)C. The van der Waals surface area contributed by atoms with Crippen LogP contribution in [-0.2, 0) is 11.3 Å². The van der Waals surface area contributed by atoms with Gasteiger partial charge >= 0.3 is 0 Å². The Labute approximate surface area is 171 Å². The number of amides is 2. The van der Waals surface area contributed by atoms with Crippen molar-refractivity contribution >= 4 is 23.4 Å². The van der Waals surface area contributed by atoms with Crippen molar-refractivity contribution in [3.63, 3.8) is 0 Å². The number of terminal acetylenes is 1. The summed E-state index contributed by atoms with van der Waals surface area (Å²) in [4.78, 5) is 27.4. The van der Waals surface area contributed by atoms with Gasteiger partial charge in [-0.3, -0.25) is 9.59 Å². The van der Waals surface area contributed by atoms with E-state index in [1.807, 2.05) is 45.0 Å². The molecule has 2 aromatic rings. The fraction of sp³-hybridized carbons (Fsp3) is 0.304. The number of nitrogens with one attached hydrogen (secondary N) is 1. The van der Waals surface area contributed by atoms with Gasteiger partial charge in [-0.1, -0.05) is 73.3 Å². The monoisotopic (exact) mass is 396 g/mol. The highest BCUT2D eigenvalue weighted by Crippen LogP contribution is 2.17. The highest BCUT2D eigenvalue weighted by molar-refractivity contribution is 6.33. The lowest BCUT2D eigenvalue weighted by Crippen LogP contribution is -2.51. The molecule has 1 atom stereocenters. The minimum Gasteiger partial charge on any atom is -0.340 e. The van der Waals surface area contributed by atoms with Gasteiger partial charge in [0.15, 0.2) is 0 Å². The number of benzene rings is 2. The first-order valence-electron chi connectivity index (χ1n) is 9.16. The average Bonchev–Trinajstić information content (AvgIpc) is 2.67. The molecule has 0 saturated carbocycles. The van der Waals surface area contributed by atoms with Crippen LogP contribution >= 0.6 is 11.6 Å². The van der Waals surface area contributed by atoms with Gasteiger partial charge in [0.25, 0.3) is 5.91 Å². The number of hydrogen-bond acceptors (Lipinski definition) is 2. The summed E-state index contributed by atoms with van der Waals surface area (Å²) < 4.78 is 0. The number of halogens is 1. The van der Waals surface area contributed by atoms with Crippen molar-refractivity contribution in [3.8, 4) is 12.3 Å². The molecule has 0 saturated heterocycles. The van der Waals surface area contributed by atoms with E-state index in [9.17, 15) is 9.59 Å². The summed E-state index contributed by atoms with van der Waals surface area (Å²) in [6.07, 6.45) is 5.48. The lowest BCUT2D eigenvalue weighted by Gasteiger charge is -2.29. The van der Waals surface area contributed by atoms with Crippen LogP contribution in [0.1, 0.15) is 35.3 Å². The topological polar surface area (TPSA) is 49.4 Å². The zero-order valence-corrected chi connectivity index (χ0v) is 17.2. The Morgan fingerprint density at radius 3 is 2.36 bits per heavy atom. The predicted octanol–water partition coefficient (Wildman–Crippen LogP) is 4.06. The van der Waals surface area contributed by atoms with Crippen LogP contribution in [0.4, 0.5) is 0 Å². The zero-order valence-electron chi connectivity index (χ0n) is 16.4. The second-order valence-corrected chi connectivity index (χ2v) is 7.47. The Morgan fingerprint density at radius 1 is 1.14 bits per heavy atom. The molecule has 0 bridgehead atoms. The molecule has 0 fully saturated rings. The van der Waals surface area contributed by atoms with Crippen molar-refractivity contribution in [2.24, 2.45) is 5.92 Å². The van der Waals surface area contributed by atoms with Crippen molar-refractivity contribution in [2.45, 2.75) is 33.4 Å². The van der Waals surface area contributed by atoms with Gasteiger partial charge in [-0.15, -0.1) is 6.42 Å². The molecule has 0 aromatic heterocycles. The second kappa shape index (κ2) is 9.96. The molecule has 5 heteroatoms. The first-order chi connectivity index (χ1) is 13.3. The van der Waals surface area contributed by atoms with Gasteiger partial charge in [-0.2, -0.15) is 0 Å². The molecular formula is C23H25ClN2O2. The first-order valence-corrected chi connectivity index (χ1v) is 9.54. The molecule has 0 heterocycles. The molecule has 146 valence electrons. The largest absolute Gasteiger partial charge is 0.340 e. The van der Waals surface area contributed by atoms with Crippen LogP contribution in [0.15, 0.2) is 48.5 Å². The smallest absolute Gasteiger partial charge is 0.253 e. The summed E-state index contributed by atoms with van der Waals surface area (Å²) >= 11 is 6.11. The molecule has 0 unspecified atom stereocenters. The van der Waals surface area contributed by atoms with Gasteiger partial charge in [-0.25, -0.2) is 0 Å². The Morgan fingerprint density at radius 2 is 1.79 bits per heavy atom. The van der Waals surface area contributed by atoms with Gasteiger partial charge in [0.05, 0.1) is 17.1 Å². The Hall–Kier alpha value is -2.77. The average molecular weight is 397 g/mol. The third-order valence-corrected chi connectivity index (χ3v) is 4.76. The van der Waals surface area contributed by atoms with E-state index in [-0.39, 0.29) is 24.3 Å². The van der Waals surface area contributed by atoms with Crippen molar-refractivity contribution in [2.75, 3.05) is 6.54 Å². The Bertz CT molecular complexity index is 869. The molecule has 0 spiro atoms. The number of rotatable bonds is 7. The number of carbonyl (C=O) groups is 2. The lowest BCUT2D eigenvalue weighted by molar-refractivity contribution is -0.134. The summed E-state index contributed by atoms with van der Waals surface area (Å²) in [5, 5.41) is 3.17.